The van der Waals surface area contributed by atoms with E-state index in [-0.39, 0.29) is 28.4 Å². The van der Waals surface area contributed by atoms with Crippen molar-refractivity contribution in [1.82, 2.24) is 10.6 Å². The van der Waals surface area contributed by atoms with E-state index in [1.807, 2.05) is 0 Å². The summed E-state index contributed by atoms with van der Waals surface area (Å²) in [7, 11) is -3.57. The Morgan fingerprint density at radius 3 is 2.63 bits per heavy atom. The van der Waals surface area contributed by atoms with E-state index in [2.05, 4.69) is 17.6 Å². The lowest BCUT2D eigenvalue weighted by molar-refractivity contribution is -0.121. The van der Waals surface area contributed by atoms with Crippen LogP contribution < -0.4 is 20.1 Å². The van der Waals surface area contributed by atoms with Crippen molar-refractivity contribution in [2.45, 2.75) is 37.5 Å². The van der Waals surface area contributed by atoms with E-state index in [1.54, 1.807) is 6.07 Å². The van der Waals surface area contributed by atoms with Gasteiger partial charge in [-0.2, -0.15) is 0 Å². The number of sulfone groups is 1. The molecule has 2 aliphatic heterocycles. The molecule has 1 aromatic carbocycles. The van der Waals surface area contributed by atoms with Crippen LogP contribution in [0.25, 0.3) is 0 Å². The molecule has 0 unspecified atom stereocenters. The second-order valence-corrected chi connectivity index (χ2v) is 9.67. The first-order valence-corrected chi connectivity index (χ1v) is 11.1. The molecule has 8 heteroatoms. The van der Waals surface area contributed by atoms with E-state index in [0.29, 0.717) is 31.3 Å². The van der Waals surface area contributed by atoms with Gasteiger partial charge >= 0.3 is 0 Å². The first-order chi connectivity index (χ1) is 12.9. The average Bonchev–Trinajstić information content (AvgIpc) is 2.90. The molecule has 0 atom stereocenters. The summed E-state index contributed by atoms with van der Waals surface area (Å²) in [6.07, 6.45) is 2.71. The third-order valence-electron chi connectivity index (χ3n) is 5.20. The highest BCUT2D eigenvalue weighted by Crippen LogP contribution is 2.32. The second-order valence-electron chi connectivity index (χ2n) is 7.57. The number of hydrogen-bond donors (Lipinski definition) is 2. The third-order valence-corrected chi connectivity index (χ3v) is 6.91. The first-order valence-electron chi connectivity index (χ1n) is 9.48. The van der Waals surface area contributed by atoms with Gasteiger partial charge < -0.3 is 20.1 Å². The summed E-state index contributed by atoms with van der Waals surface area (Å²) in [5.74, 6) is 0.542. The van der Waals surface area contributed by atoms with Crippen LogP contribution in [0, 0.1) is 5.41 Å². The average molecular weight is 397 g/mol. The third kappa shape index (κ3) is 5.35. The Morgan fingerprint density at radius 1 is 1.19 bits per heavy atom. The summed E-state index contributed by atoms with van der Waals surface area (Å²) in [5.41, 5.74) is 0.0775. The molecular weight excluding hydrogens is 368 g/mol. The minimum absolute atomic E-state index is 0.0505. The molecule has 0 radical (unpaired) electrons. The van der Waals surface area contributed by atoms with Crippen LogP contribution in [-0.2, 0) is 14.6 Å². The highest BCUT2D eigenvalue weighted by Gasteiger charge is 2.27. The Morgan fingerprint density at radius 2 is 1.89 bits per heavy atom. The number of fused-ring (bicyclic) bond motifs is 1. The minimum Gasteiger partial charge on any atom is -0.490 e. The molecule has 0 bridgehead atoms. The Bertz CT molecular complexity index is 772. The van der Waals surface area contributed by atoms with Crippen molar-refractivity contribution >= 4 is 15.7 Å². The van der Waals surface area contributed by atoms with E-state index < -0.39 is 9.84 Å². The van der Waals surface area contributed by atoms with Gasteiger partial charge in [0, 0.05) is 25.5 Å². The van der Waals surface area contributed by atoms with Crippen molar-refractivity contribution < 1.29 is 22.7 Å². The molecule has 2 aliphatic rings. The summed E-state index contributed by atoms with van der Waals surface area (Å²) in [5, 5.41) is 6.20. The zero-order valence-electron chi connectivity index (χ0n) is 15.8. The molecule has 1 saturated heterocycles. The number of rotatable bonds is 6. The van der Waals surface area contributed by atoms with Crippen LogP contribution in [0.4, 0.5) is 0 Å². The highest BCUT2D eigenvalue weighted by molar-refractivity contribution is 7.91. The fourth-order valence-corrected chi connectivity index (χ4v) is 4.54. The van der Waals surface area contributed by atoms with Crippen LogP contribution in [0.15, 0.2) is 23.1 Å². The zero-order chi connectivity index (χ0) is 19.3. The van der Waals surface area contributed by atoms with Crippen molar-refractivity contribution in [3.8, 4) is 11.5 Å². The molecule has 0 aliphatic carbocycles. The Balaban J connectivity index is 1.55. The molecule has 2 heterocycles. The van der Waals surface area contributed by atoms with E-state index >= 15 is 0 Å². The van der Waals surface area contributed by atoms with Gasteiger partial charge in [0.25, 0.3) is 0 Å². The second kappa shape index (κ2) is 8.48. The smallest absolute Gasteiger partial charge is 0.221 e. The van der Waals surface area contributed by atoms with Crippen LogP contribution in [0.3, 0.4) is 0 Å². The predicted octanol–water partition coefficient (Wildman–Crippen LogP) is 1.52. The lowest BCUT2D eigenvalue weighted by Gasteiger charge is -2.34. The number of benzene rings is 1. The molecule has 3 rings (SSSR count). The van der Waals surface area contributed by atoms with Gasteiger partial charge in [0.1, 0.15) is 0 Å². The predicted molar refractivity (Wildman–Crippen MR) is 102 cm³/mol. The number of nitrogens with one attached hydrogen (secondary N) is 2. The van der Waals surface area contributed by atoms with Gasteiger partial charge in [-0.05, 0) is 43.5 Å². The molecular formula is C19H28N2O5S. The van der Waals surface area contributed by atoms with Gasteiger partial charge in [-0.1, -0.05) is 6.92 Å². The van der Waals surface area contributed by atoms with Crippen molar-refractivity contribution in [3.05, 3.63) is 18.2 Å². The highest BCUT2D eigenvalue weighted by atomic mass is 32.2. The van der Waals surface area contributed by atoms with Crippen LogP contribution in [0.1, 0.15) is 32.6 Å². The number of piperidine rings is 1. The molecule has 1 amide bonds. The van der Waals surface area contributed by atoms with E-state index in [9.17, 15) is 13.2 Å². The summed E-state index contributed by atoms with van der Waals surface area (Å²) in [6.45, 7) is 5.68. The molecule has 0 aromatic heterocycles. The van der Waals surface area contributed by atoms with Crippen molar-refractivity contribution in [2.24, 2.45) is 5.41 Å². The summed E-state index contributed by atoms with van der Waals surface area (Å²) >= 11 is 0. The van der Waals surface area contributed by atoms with Gasteiger partial charge in [0.05, 0.1) is 23.9 Å². The fraction of sp³-hybridized carbons (Fsp3) is 0.632. The maximum absolute atomic E-state index is 12.6. The zero-order valence-corrected chi connectivity index (χ0v) is 16.6. The van der Waals surface area contributed by atoms with Crippen molar-refractivity contribution in [3.63, 3.8) is 0 Å². The maximum atomic E-state index is 12.6. The standard InChI is InChI=1S/C19H28N2O5S/c1-19(6-8-20-9-7-19)14-21-18(22)5-12-27(23,24)15-3-4-16-17(13-15)26-11-2-10-25-16/h3-4,13,20H,2,5-12,14H2,1H3,(H,21,22). The Labute approximate surface area is 160 Å². The number of ether oxygens (including phenoxy) is 2. The van der Waals surface area contributed by atoms with Gasteiger partial charge in [-0.15, -0.1) is 0 Å². The van der Waals surface area contributed by atoms with Crippen LogP contribution in [0.5, 0.6) is 11.5 Å². The number of hydrogen-bond acceptors (Lipinski definition) is 6. The molecule has 27 heavy (non-hydrogen) atoms. The topological polar surface area (TPSA) is 93.7 Å². The first kappa shape index (κ1) is 19.9. The largest absolute Gasteiger partial charge is 0.490 e. The molecule has 150 valence electrons. The van der Waals surface area contributed by atoms with Gasteiger partial charge in [0.15, 0.2) is 21.3 Å². The number of carbonyl (C=O) groups is 1. The molecule has 0 saturated carbocycles. The SMILES string of the molecule is CC1(CNC(=O)CCS(=O)(=O)c2ccc3c(c2)OCCCO3)CCNCC1. The summed E-state index contributed by atoms with van der Waals surface area (Å²) in [4.78, 5) is 12.3. The van der Waals surface area contributed by atoms with Gasteiger partial charge in [-0.25, -0.2) is 8.42 Å². The van der Waals surface area contributed by atoms with Crippen LogP contribution in [-0.4, -0.2) is 52.9 Å². The maximum Gasteiger partial charge on any atom is 0.221 e. The lowest BCUT2D eigenvalue weighted by atomic mass is 9.81. The number of amides is 1. The van der Waals surface area contributed by atoms with Crippen molar-refractivity contribution in [2.75, 3.05) is 38.6 Å². The van der Waals surface area contributed by atoms with E-state index in [4.69, 9.17) is 9.47 Å². The monoisotopic (exact) mass is 396 g/mol. The van der Waals surface area contributed by atoms with Gasteiger partial charge in [0.2, 0.25) is 5.91 Å². The molecule has 0 spiro atoms. The van der Waals surface area contributed by atoms with E-state index in [0.717, 1.165) is 32.4 Å². The molecule has 2 N–H and O–H groups in total. The molecule has 1 aromatic rings. The number of carbonyl (C=O) groups excluding carboxylic acids is 1. The molecule has 7 nitrogen and oxygen atoms in total. The van der Waals surface area contributed by atoms with E-state index in [1.165, 1.54) is 12.1 Å². The van der Waals surface area contributed by atoms with Crippen LogP contribution >= 0.6 is 0 Å². The Hall–Kier alpha value is -1.80. The quantitative estimate of drug-likeness (QED) is 0.757. The van der Waals surface area contributed by atoms with Crippen molar-refractivity contribution in [1.29, 1.82) is 0 Å². The lowest BCUT2D eigenvalue weighted by Crippen LogP contribution is -2.43. The summed E-state index contributed by atoms with van der Waals surface area (Å²) in [6, 6.07) is 4.62. The Kier molecular flexibility index (Phi) is 6.26. The fourth-order valence-electron chi connectivity index (χ4n) is 3.29. The normalized spacial score (nSPS) is 19.1. The van der Waals surface area contributed by atoms with Gasteiger partial charge in [-0.3, -0.25) is 4.79 Å². The molecule has 1 fully saturated rings. The van der Waals surface area contributed by atoms with Crippen LogP contribution in [0.2, 0.25) is 0 Å². The minimum atomic E-state index is -3.57. The summed E-state index contributed by atoms with van der Waals surface area (Å²) < 4.78 is 36.3.